The monoisotopic (exact) mass is 184 g/mol. The lowest BCUT2D eigenvalue weighted by molar-refractivity contribution is 0.249. The number of urea groups is 1. The lowest BCUT2D eigenvalue weighted by Crippen LogP contribution is -2.35. The van der Waals surface area contributed by atoms with Crippen molar-refractivity contribution in [3.05, 3.63) is 0 Å². The molecule has 0 aliphatic rings. The molecule has 0 aliphatic heterocycles. The second kappa shape index (κ2) is 8.81. The molecule has 0 rings (SSSR count). The molecule has 0 aliphatic carbocycles. The summed E-state index contributed by atoms with van der Waals surface area (Å²) < 4.78 is 0. The number of unbranched alkanes of at least 4 members (excludes halogenated alkanes) is 2. The van der Waals surface area contributed by atoms with Gasteiger partial charge >= 0.3 is 6.03 Å². The highest BCUT2D eigenvalue weighted by Gasteiger charge is 1.90. The van der Waals surface area contributed by atoms with E-state index in [9.17, 15) is 4.79 Å². The SMILES string of the molecule is N#CCCCCNCCNC(N)=O. The fourth-order valence-electron chi connectivity index (χ4n) is 0.853. The molecule has 2 amide bonds. The standard InChI is InChI=1S/C8H16N4O/c9-4-2-1-3-5-11-6-7-12-8(10)13/h11H,1-3,5-7H2,(H3,10,12,13). The summed E-state index contributed by atoms with van der Waals surface area (Å²) >= 11 is 0. The van der Waals surface area contributed by atoms with Crippen LogP contribution in [0.25, 0.3) is 0 Å². The summed E-state index contributed by atoms with van der Waals surface area (Å²) in [6.45, 7) is 2.14. The number of primary amides is 1. The zero-order valence-electron chi connectivity index (χ0n) is 7.68. The predicted octanol–water partition coefficient (Wildman–Crippen LogP) is -0.0618. The summed E-state index contributed by atoms with van der Waals surface area (Å²) in [5, 5.41) is 13.8. The van der Waals surface area contributed by atoms with Gasteiger partial charge in [0.2, 0.25) is 0 Å². The minimum absolute atomic E-state index is 0.494. The molecule has 0 aromatic rings. The zero-order chi connectivity index (χ0) is 9.94. The summed E-state index contributed by atoms with van der Waals surface area (Å²) in [5.41, 5.74) is 4.86. The summed E-state index contributed by atoms with van der Waals surface area (Å²) in [7, 11) is 0. The Balaban J connectivity index is 2.92. The van der Waals surface area contributed by atoms with Crippen LogP contribution in [0.4, 0.5) is 4.79 Å². The van der Waals surface area contributed by atoms with E-state index in [1.165, 1.54) is 0 Å². The molecule has 5 nitrogen and oxygen atoms in total. The summed E-state index contributed by atoms with van der Waals surface area (Å²) in [6, 6.07) is 1.59. The van der Waals surface area contributed by atoms with Gasteiger partial charge < -0.3 is 16.4 Å². The van der Waals surface area contributed by atoms with Gasteiger partial charge in [0, 0.05) is 19.5 Å². The van der Waals surface area contributed by atoms with Gasteiger partial charge in [-0.15, -0.1) is 0 Å². The maximum atomic E-state index is 10.2. The molecule has 0 saturated heterocycles. The molecular formula is C8H16N4O. The molecule has 0 atom stereocenters. The van der Waals surface area contributed by atoms with Crippen LogP contribution in [0.2, 0.25) is 0 Å². The third-order valence-electron chi connectivity index (χ3n) is 1.49. The Bertz CT molecular complexity index is 175. The number of hydrogen-bond donors (Lipinski definition) is 3. The maximum Gasteiger partial charge on any atom is 0.312 e. The third kappa shape index (κ3) is 10.7. The first-order chi connectivity index (χ1) is 6.27. The summed E-state index contributed by atoms with van der Waals surface area (Å²) in [5.74, 6) is 0. The molecule has 0 spiro atoms. The molecular weight excluding hydrogens is 168 g/mol. The van der Waals surface area contributed by atoms with E-state index in [0.29, 0.717) is 13.0 Å². The average molecular weight is 184 g/mol. The molecule has 0 aromatic carbocycles. The Hall–Kier alpha value is -1.28. The summed E-state index contributed by atoms with van der Waals surface area (Å²) in [4.78, 5) is 10.2. The van der Waals surface area contributed by atoms with E-state index in [2.05, 4.69) is 16.7 Å². The predicted molar refractivity (Wildman–Crippen MR) is 49.9 cm³/mol. The number of nitrogens with two attached hydrogens (primary N) is 1. The highest BCUT2D eigenvalue weighted by Crippen LogP contribution is 1.90. The van der Waals surface area contributed by atoms with Crippen LogP contribution in [-0.4, -0.2) is 25.7 Å². The van der Waals surface area contributed by atoms with Crippen LogP contribution in [0, 0.1) is 11.3 Å². The van der Waals surface area contributed by atoms with Gasteiger partial charge in [-0.25, -0.2) is 4.79 Å². The van der Waals surface area contributed by atoms with E-state index in [1.807, 2.05) is 0 Å². The van der Waals surface area contributed by atoms with Crippen LogP contribution in [0.5, 0.6) is 0 Å². The lowest BCUT2D eigenvalue weighted by atomic mass is 10.2. The van der Waals surface area contributed by atoms with Crippen molar-refractivity contribution in [2.24, 2.45) is 5.73 Å². The van der Waals surface area contributed by atoms with Crippen LogP contribution < -0.4 is 16.4 Å². The van der Waals surface area contributed by atoms with Crippen LogP contribution in [0.1, 0.15) is 19.3 Å². The van der Waals surface area contributed by atoms with Gasteiger partial charge in [-0.3, -0.25) is 0 Å². The molecule has 74 valence electrons. The van der Waals surface area contributed by atoms with Crippen molar-refractivity contribution in [3.8, 4) is 6.07 Å². The molecule has 5 heteroatoms. The molecule has 0 heterocycles. The van der Waals surface area contributed by atoms with Crippen molar-refractivity contribution in [1.29, 1.82) is 5.26 Å². The van der Waals surface area contributed by atoms with Gasteiger partial charge in [-0.05, 0) is 19.4 Å². The van der Waals surface area contributed by atoms with E-state index < -0.39 is 6.03 Å². The van der Waals surface area contributed by atoms with E-state index in [1.54, 1.807) is 0 Å². The molecule has 13 heavy (non-hydrogen) atoms. The number of carbonyl (C=O) groups excluding carboxylic acids is 1. The number of nitrogens with zero attached hydrogens (tertiary/aromatic N) is 1. The van der Waals surface area contributed by atoms with Gasteiger partial charge in [0.1, 0.15) is 0 Å². The molecule has 0 bridgehead atoms. The second-order valence-electron chi connectivity index (χ2n) is 2.66. The van der Waals surface area contributed by atoms with Crippen molar-refractivity contribution >= 4 is 6.03 Å². The molecule has 0 unspecified atom stereocenters. The van der Waals surface area contributed by atoms with Crippen molar-refractivity contribution in [3.63, 3.8) is 0 Å². The third-order valence-corrected chi connectivity index (χ3v) is 1.49. The van der Waals surface area contributed by atoms with Crippen LogP contribution in [0.3, 0.4) is 0 Å². The van der Waals surface area contributed by atoms with Crippen molar-refractivity contribution < 1.29 is 4.79 Å². The van der Waals surface area contributed by atoms with Gasteiger partial charge in [-0.2, -0.15) is 5.26 Å². The van der Waals surface area contributed by atoms with Crippen molar-refractivity contribution in [2.75, 3.05) is 19.6 Å². The lowest BCUT2D eigenvalue weighted by Gasteiger charge is -2.03. The smallest absolute Gasteiger partial charge is 0.312 e. The van der Waals surface area contributed by atoms with Crippen LogP contribution in [-0.2, 0) is 0 Å². The van der Waals surface area contributed by atoms with Gasteiger partial charge in [0.05, 0.1) is 6.07 Å². The normalized spacial score (nSPS) is 9.15. The topological polar surface area (TPSA) is 90.9 Å². The fraction of sp³-hybridized carbons (Fsp3) is 0.750. The fourth-order valence-corrected chi connectivity index (χ4v) is 0.853. The van der Waals surface area contributed by atoms with Crippen LogP contribution >= 0.6 is 0 Å². The largest absolute Gasteiger partial charge is 0.352 e. The first kappa shape index (κ1) is 11.7. The average Bonchev–Trinajstić information content (AvgIpc) is 2.09. The highest BCUT2D eigenvalue weighted by atomic mass is 16.2. The zero-order valence-corrected chi connectivity index (χ0v) is 7.68. The van der Waals surface area contributed by atoms with E-state index in [-0.39, 0.29) is 0 Å². The highest BCUT2D eigenvalue weighted by molar-refractivity contribution is 5.71. The van der Waals surface area contributed by atoms with Gasteiger partial charge in [0.25, 0.3) is 0 Å². The number of rotatable bonds is 7. The number of carbonyl (C=O) groups is 1. The second-order valence-corrected chi connectivity index (χ2v) is 2.66. The van der Waals surface area contributed by atoms with Crippen molar-refractivity contribution in [1.82, 2.24) is 10.6 Å². The minimum Gasteiger partial charge on any atom is -0.352 e. The number of nitrogens with one attached hydrogen (secondary N) is 2. The Morgan fingerprint density at radius 3 is 2.69 bits per heavy atom. The van der Waals surface area contributed by atoms with E-state index >= 15 is 0 Å². The first-order valence-electron chi connectivity index (χ1n) is 4.38. The maximum absolute atomic E-state index is 10.2. The van der Waals surface area contributed by atoms with Gasteiger partial charge in [-0.1, -0.05) is 0 Å². The molecule has 0 radical (unpaired) electrons. The molecule has 4 N–H and O–H groups in total. The Morgan fingerprint density at radius 2 is 2.08 bits per heavy atom. The summed E-state index contributed by atoms with van der Waals surface area (Å²) in [6.07, 6.45) is 2.53. The Morgan fingerprint density at radius 1 is 1.31 bits per heavy atom. The molecule has 0 fully saturated rings. The van der Waals surface area contributed by atoms with Crippen LogP contribution in [0.15, 0.2) is 0 Å². The Labute approximate surface area is 78.3 Å². The molecule has 0 saturated carbocycles. The van der Waals surface area contributed by atoms with E-state index in [4.69, 9.17) is 11.0 Å². The quantitative estimate of drug-likeness (QED) is 0.484. The van der Waals surface area contributed by atoms with E-state index in [0.717, 1.165) is 25.9 Å². The number of amides is 2. The Kier molecular flexibility index (Phi) is 7.95. The van der Waals surface area contributed by atoms with Crippen molar-refractivity contribution in [2.45, 2.75) is 19.3 Å². The number of hydrogen-bond acceptors (Lipinski definition) is 3. The molecule has 0 aromatic heterocycles. The first-order valence-corrected chi connectivity index (χ1v) is 4.38. The van der Waals surface area contributed by atoms with Gasteiger partial charge in [0.15, 0.2) is 0 Å². The minimum atomic E-state index is -0.494. The number of nitriles is 1.